The number of hydrogen-bond acceptors (Lipinski definition) is 4. The largest absolute Gasteiger partial charge is 0.339 e. The Hall–Kier alpha value is -2.67. The fraction of sp³-hybridized carbons (Fsp3) is 0.435. The van der Waals surface area contributed by atoms with Crippen LogP contribution >= 0.6 is 11.3 Å². The molecule has 2 aromatic rings. The Morgan fingerprint density at radius 2 is 2.03 bits per heavy atom. The zero-order valence-electron chi connectivity index (χ0n) is 17.0. The summed E-state index contributed by atoms with van der Waals surface area (Å²) in [6, 6.07) is 7.89. The van der Waals surface area contributed by atoms with Crippen LogP contribution in [0.3, 0.4) is 0 Å². The van der Waals surface area contributed by atoms with E-state index in [1.807, 2.05) is 34.9 Å². The number of hydrogen-bond donors (Lipinski definition) is 1. The van der Waals surface area contributed by atoms with E-state index in [2.05, 4.69) is 16.8 Å². The third-order valence-electron chi connectivity index (χ3n) is 6.43. The molecule has 1 unspecified atom stereocenters. The van der Waals surface area contributed by atoms with E-state index in [4.69, 9.17) is 0 Å². The molecule has 0 spiro atoms. The number of carbonyl (C=O) groups is 3. The van der Waals surface area contributed by atoms with Gasteiger partial charge >= 0.3 is 0 Å². The molecular formula is C23H25N3O3S. The third-order valence-corrected chi connectivity index (χ3v) is 7.46. The first-order valence-corrected chi connectivity index (χ1v) is 11.4. The van der Waals surface area contributed by atoms with Gasteiger partial charge in [-0.1, -0.05) is 6.07 Å². The molecule has 2 aliphatic heterocycles. The molecule has 3 heterocycles. The summed E-state index contributed by atoms with van der Waals surface area (Å²) in [6.45, 7) is 3.72. The molecule has 5 rings (SSSR count). The van der Waals surface area contributed by atoms with Gasteiger partial charge < -0.3 is 15.1 Å². The monoisotopic (exact) mass is 423 g/mol. The summed E-state index contributed by atoms with van der Waals surface area (Å²) in [4.78, 5) is 43.3. The predicted octanol–water partition coefficient (Wildman–Crippen LogP) is 3.20. The molecule has 1 aromatic heterocycles. The predicted molar refractivity (Wildman–Crippen MR) is 115 cm³/mol. The molecule has 156 valence electrons. The maximum Gasteiger partial charge on any atom is 0.254 e. The molecule has 0 bridgehead atoms. The van der Waals surface area contributed by atoms with Crippen molar-refractivity contribution in [3.05, 3.63) is 51.2 Å². The number of amides is 3. The van der Waals surface area contributed by atoms with Crippen molar-refractivity contribution in [2.24, 2.45) is 5.92 Å². The number of anilines is 1. The average Bonchev–Trinajstić information content (AvgIpc) is 3.34. The Labute approximate surface area is 179 Å². The Bertz CT molecular complexity index is 1030. The molecule has 3 amide bonds. The summed E-state index contributed by atoms with van der Waals surface area (Å²) in [7, 11) is 0. The van der Waals surface area contributed by atoms with E-state index in [0.29, 0.717) is 36.9 Å². The molecule has 7 heteroatoms. The first kappa shape index (κ1) is 19.3. The second kappa shape index (κ2) is 7.54. The van der Waals surface area contributed by atoms with Crippen molar-refractivity contribution in [3.8, 4) is 0 Å². The molecule has 1 aliphatic carbocycles. The van der Waals surface area contributed by atoms with Crippen LogP contribution in [-0.2, 0) is 22.6 Å². The standard InChI is InChI=1S/C23H25N3O3S/c1-14-18(23(29)25-9-7-20-15(12-25)8-10-30-20)3-2-4-19(14)24-22(28)16-11-21(27)26(13-16)17-5-6-17/h2-4,8,10,16-17H,5-7,9,11-13H2,1H3,(H,24,28). The average molecular weight is 424 g/mol. The van der Waals surface area contributed by atoms with E-state index < -0.39 is 0 Å². The van der Waals surface area contributed by atoms with Gasteiger partial charge in [0, 0.05) is 48.2 Å². The van der Waals surface area contributed by atoms with E-state index in [-0.39, 0.29) is 30.1 Å². The lowest BCUT2D eigenvalue weighted by molar-refractivity contribution is -0.128. The van der Waals surface area contributed by atoms with Gasteiger partial charge in [-0.05, 0) is 60.9 Å². The minimum absolute atomic E-state index is 0.00333. The molecule has 1 N–H and O–H groups in total. The van der Waals surface area contributed by atoms with Crippen LogP contribution in [0.15, 0.2) is 29.6 Å². The van der Waals surface area contributed by atoms with Crippen LogP contribution in [0.5, 0.6) is 0 Å². The van der Waals surface area contributed by atoms with Gasteiger partial charge in [0.15, 0.2) is 0 Å². The quantitative estimate of drug-likeness (QED) is 0.821. The molecular weight excluding hydrogens is 398 g/mol. The number of thiophene rings is 1. The fourth-order valence-corrected chi connectivity index (χ4v) is 5.37. The number of nitrogens with one attached hydrogen (secondary N) is 1. The highest BCUT2D eigenvalue weighted by molar-refractivity contribution is 7.10. The summed E-state index contributed by atoms with van der Waals surface area (Å²) in [5.41, 5.74) is 3.27. The van der Waals surface area contributed by atoms with E-state index in [1.165, 1.54) is 10.4 Å². The van der Waals surface area contributed by atoms with E-state index >= 15 is 0 Å². The fourth-order valence-electron chi connectivity index (χ4n) is 4.48. The zero-order chi connectivity index (χ0) is 20.8. The highest BCUT2D eigenvalue weighted by Gasteiger charge is 2.41. The lowest BCUT2D eigenvalue weighted by Crippen LogP contribution is -2.35. The van der Waals surface area contributed by atoms with Crippen LogP contribution < -0.4 is 5.32 Å². The summed E-state index contributed by atoms with van der Waals surface area (Å²) in [6.07, 6.45) is 3.26. The van der Waals surface area contributed by atoms with Crippen LogP contribution in [0.4, 0.5) is 5.69 Å². The summed E-state index contributed by atoms with van der Waals surface area (Å²) in [5, 5.41) is 5.06. The normalized spacial score (nSPS) is 21.0. The lowest BCUT2D eigenvalue weighted by Gasteiger charge is -2.28. The van der Waals surface area contributed by atoms with Crippen molar-refractivity contribution in [2.75, 3.05) is 18.4 Å². The minimum Gasteiger partial charge on any atom is -0.339 e. The first-order chi connectivity index (χ1) is 14.5. The topological polar surface area (TPSA) is 69.7 Å². The van der Waals surface area contributed by atoms with Gasteiger partial charge in [-0.3, -0.25) is 14.4 Å². The highest BCUT2D eigenvalue weighted by Crippen LogP contribution is 2.33. The van der Waals surface area contributed by atoms with Gasteiger partial charge in [0.2, 0.25) is 11.8 Å². The summed E-state index contributed by atoms with van der Waals surface area (Å²) in [5.74, 6) is -0.386. The zero-order valence-corrected chi connectivity index (χ0v) is 17.8. The van der Waals surface area contributed by atoms with Crippen molar-refractivity contribution in [1.82, 2.24) is 9.80 Å². The number of nitrogens with zero attached hydrogens (tertiary/aromatic N) is 2. The van der Waals surface area contributed by atoms with Crippen LogP contribution in [0.25, 0.3) is 0 Å². The smallest absolute Gasteiger partial charge is 0.254 e. The molecule has 3 aliphatic rings. The van der Waals surface area contributed by atoms with Crippen LogP contribution in [0.1, 0.15) is 45.6 Å². The Kier molecular flexibility index (Phi) is 4.85. The first-order valence-electron chi connectivity index (χ1n) is 10.6. The number of rotatable bonds is 4. The minimum atomic E-state index is -0.323. The number of fused-ring (bicyclic) bond motifs is 1. The van der Waals surface area contributed by atoms with Gasteiger partial charge in [0.1, 0.15) is 0 Å². The van der Waals surface area contributed by atoms with Crippen molar-refractivity contribution >= 4 is 34.7 Å². The molecule has 2 fully saturated rings. The molecule has 6 nitrogen and oxygen atoms in total. The van der Waals surface area contributed by atoms with Crippen LogP contribution in [0.2, 0.25) is 0 Å². The molecule has 1 atom stereocenters. The van der Waals surface area contributed by atoms with E-state index in [0.717, 1.165) is 24.8 Å². The number of likely N-dealkylation sites (tertiary alicyclic amines) is 1. The molecule has 1 aromatic carbocycles. The van der Waals surface area contributed by atoms with E-state index in [9.17, 15) is 14.4 Å². The van der Waals surface area contributed by atoms with Crippen LogP contribution in [0, 0.1) is 12.8 Å². The lowest BCUT2D eigenvalue weighted by atomic mass is 10.0. The highest BCUT2D eigenvalue weighted by atomic mass is 32.1. The second-order valence-corrected chi connectivity index (χ2v) is 9.49. The van der Waals surface area contributed by atoms with E-state index in [1.54, 1.807) is 11.3 Å². The summed E-state index contributed by atoms with van der Waals surface area (Å²) < 4.78 is 0. The van der Waals surface area contributed by atoms with Gasteiger partial charge in [-0.15, -0.1) is 11.3 Å². The molecule has 1 saturated heterocycles. The van der Waals surface area contributed by atoms with Crippen LogP contribution in [-0.4, -0.2) is 46.7 Å². The SMILES string of the molecule is Cc1c(NC(=O)C2CC(=O)N(C3CC3)C2)cccc1C(=O)N1CCc2sccc2C1. The molecule has 30 heavy (non-hydrogen) atoms. The van der Waals surface area contributed by atoms with Crippen molar-refractivity contribution in [2.45, 2.75) is 45.2 Å². The third kappa shape index (κ3) is 3.51. The maximum atomic E-state index is 13.2. The molecule has 1 saturated carbocycles. The van der Waals surface area contributed by atoms with Gasteiger partial charge in [0.05, 0.1) is 5.92 Å². The Morgan fingerprint density at radius 3 is 2.83 bits per heavy atom. The Morgan fingerprint density at radius 1 is 1.20 bits per heavy atom. The van der Waals surface area contributed by atoms with Crippen molar-refractivity contribution < 1.29 is 14.4 Å². The second-order valence-electron chi connectivity index (χ2n) is 8.49. The van der Waals surface area contributed by atoms with Gasteiger partial charge in [0.25, 0.3) is 5.91 Å². The van der Waals surface area contributed by atoms with Crippen molar-refractivity contribution in [3.63, 3.8) is 0 Å². The number of carbonyl (C=O) groups excluding carboxylic acids is 3. The van der Waals surface area contributed by atoms with Gasteiger partial charge in [-0.2, -0.15) is 0 Å². The maximum absolute atomic E-state index is 13.2. The Balaban J connectivity index is 1.29. The molecule has 0 radical (unpaired) electrons. The summed E-state index contributed by atoms with van der Waals surface area (Å²) >= 11 is 1.75. The number of benzene rings is 1. The van der Waals surface area contributed by atoms with Gasteiger partial charge in [-0.25, -0.2) is 0 Å². The van der Waals surface area contributed by atoms with Crippen molar-refractivity contribution in [1.29, 1.82) is 0 Å².